The van der Waals surface area contributed by atoms with E-state index >= 15 is 0 Å². The van der Waals surface area contributed by atoms with Gasteiger partial charge < -0.3 is 69.8 Å². The Morgan fingerprint density at radius 3 is 0.759 bits per heavy atom. The van der Waals surface area contributed by atoms with E-state index in [-0.39, 0.29) is 75.6 Å². The fourth-order valence-electron chi connectivity index (χ4n) is 15.2. The predicted molar refractivity (Wildman–Crippen MR) is 533 cm³/mol. The summed E-state index contributed by atoms with van der Waals surface area (Å²) in [5, 5.41) is 0. The molecule has 0 fully saturated rings. The third-order valence-corrected chi connectivity index (χ3v) is 37.5. The van der Waals surface area contributed by atoms with Crippen molar-refractivity contribution >= 4 is 75.1 Å². The number of carbonyl (C=O) groups excluding carboxylic acids is 7. The van der Waals surface area contributed by atoms with Crippen LogP contribution in [0.1, 0.15) is 250 Å². The van der Waals surface area contributed by atoms with Gasteiger partial charge in [-0.1, -0.05) is 148 Å². The minimum Gasteiger partial charge on any atom is -0.494 e. The first-order chi connectivity index (χ1) is 64.1. The van der Waals surface area contributed by atoms with Crippen molar-refractivity contribution < 1.29 is 103 Å². The number of esters is 7. The topological polar surface area (TPSA) is 258 Å². The van der Waals surface area contributed by atoms with Crippen LogP contribution in [0.25, 0.3) is 11.1 Å². The van der Waals surface area contributed by atoms with Gasteiger partial charge >= 0.3 is 41.8 Å². The molecule has 8 rings (SSSR count). The van der Waals surface area contributed by atoms with Gasteiger partial charge in [0.25, 0.3) is 0 Å². The smallest absolute Gasteiger partial charge is 0.343 e. The predicted octanol–water partition coefficient (Wildman–Crippen LogP) is 27.0. The maximum Gasteiger partial charge on any atom is 0.343 e. The zero-order valence-corrected chi connectivity index (χ0v) is 84.7. The summed E-state index contributed by atoms with van der Waals surface area (Å²) in [4.78, 5) is 93.8. The van der Waals surface area contributed by atoms with Gasteiger partial charge in [-0.2, -0.15) is 0 Å². The van der Waals surface area contributed by atoms with Crippen molar-refractivity contribution in [2.45, 2.75) is 264 Å². The molecule has 0 saturated heterocycles. The highest BCUT2D eigenvalue weighted by atomic mass is 28.4. The van der Waals surface area contributed by atoms with Crippen LogP contribution in [0, 0.1) is 0 Å². The quantitative estimate of drug-likeness (QED) is 0.00857. The van der Waals surface area contributed by atoms with Crippen LogP contribution < -0.4 is 47.4 Å². The van der Waals surface area contributed by atoms with E-state index in [1.54, 1.807) is 97.1 Å². The molecule has 0 bridgehead atoms. The van der Waals surface area contributed by atoms with E-state index in [4.69, 9.17) is 69.8 Å². The number of hydrogen-bond donors (Lipinski definition) is 0. The second kappa shape index (κ2) is 58.5. The van der Waals surface area contributed by atoms with Gasteiger partial charge in [-0.05, 0) is 316 Å². The zero-order chi connectivity index (χ0) is 95.5. The molecular formula is C107H144O22Si4. The van der Waals surface area contributed by atoms with Crippen molar-refractivity contribution in [2.24, 2.45) is 0 Å². The van der Waals surface area contributed by atoms with Gasteiger partial charge in [-0.3, -0.25) is 0 Å². The molecular weight excluding hydrogens is 1750 g/mol. The minimum atomic E-state index is -2.27. The molecule has 0 aliphatic carbocycles. The highest BCUT2D eigenvalue weighted by Crippen LogP contribution is 2.34. The molecule has 0 atom stereocenters. The molecule has 22 nitrogen and oxygen atoms in total. The third kappa shape index (κ3) is 41.8. The molecule has 0 spiro atoms. The fraction of sp³-hybridized carbons (Fsp3) is 0.467. The molecule has 0 amide bonds. The van der Waals surface area contributed by atoms with E-state index in [1.165, 1.54) is 42.5 Å². The molecule has 26 heteroatoms. The minimum absolute atomic E-state index is 0.0387. The molecule has 0 N–H and O–H groups in total. The Morgan fingerprint density at radius 2 is 0.474 bits per heavy atom. The lowest BCUT2D eigenvalue weighted by atomic mass is 10.1. The standard InChI is InChI=1S/C107H144O22Si4/c1-13-17-20-27-68-115-91-56-44-85(45-57-91)102(109)124-95-64-66-99(126-104(111)87-48-60-93(61-49-87)116-69-28-21-18-14-2)97(81-95)106(113)122-75-34-38-79-132(9,10)129-133(11,12)80-39-35-76-123-107(114)98-82-96(65-67-100(98)127-105(112)88-50-62-94(63-51-88)117-70-29-22-19-15-3)125-103(110)86-46-58-92(59-47-86)119-72-31-25-26-36-77-130(5,6)128-131(7,8)78-37-33-73-120-90-54-42-84(43-55-90)83-40-52-89(53-41-83)118-71-30-23-24-32-74-121-101(108)16-4/h16,40-67,81-82H,4,13-15,17-39,68-80H2,1-3,5-12H3. The summed E-state index contributed by atoms with van der Waals surface area (Å²) in [7, 11) is -8.30. The molecule has 0 saturated carbocycles. The van der Waals surface area contributed by atoms with Crippen LogP contribution in [-0.4, -0.2) is 135 Å². The molecule has 0 aliphatic heterocycles. The van der Waals surface area contributed by atoms with Crippen LogP contribution in [0.2, 0.25) is 76.6 Å². The number of carbonyl (C=O) groups is 7. The van der Waals surface area contributed by atoms with Crippen LogP contribution in [0.15, 0.2) is 195 Å². The number of unbranched alkanes of at least 4 members (excludes halogenated alkanes) is 18. The molecule has 0 unspecified atom stereocenters. The largest absolute Gasteiger partial charge is 0.494 e. The molecule has 0 aliphatic rings. The average molecular weight is 1890 g/mol. The Hall–Kier alpha value is -10.6. The molecule has 8 aromatic carbocycles. The molecule has 720 valence electrons. The summed E-state index contributed by atoms with van der Waals surface area (Å²) in [6, 6.07) is 55.2. The first kappa shape index (κ1) is 108. The molecule has 0 heterocycles. The summed E-state index contributed by atoms with van der Waals surface area (Å²) in [5.74, 6) is -0.511. The summed E-state index contributed by atoms with van der Waals surface area (Å²) < 4.78 is 89.9. The van der Waals surface area contributed by atoms with Crippen molar-refractivity contribution in [3.63, 3.8) is 0 Å². The van der Waals surface area contributed by atoms with Gasteiger partial charge in [0, 0.05) is 6.08 Å². The van der Waals surface area contributed by atoms with Crippen molar-refractivity contribution in [3.8, 4) is 68.6 Å². The van der Waals surface area contributed by atoms with Crippen molar-refractivity contribution in [1.29, 1.82) is 0 Å². The Balaban J connectivity index is 0.751. The van der Waals surface area contributed by atoms with Crippen LogP contribution in [-0.2, 0) is 27.2 Å². The Bertz CT molecular complexity index is 4820. The number of benzene rings is 8. The lowest BCUT2D eigenvalue weighted by Crippen LogP contribution is -2.44. The van der Waals surface area contributed by atoms with E-state index < -0.39 is 69.1 Å². The van der Waals surface area contributed by atoms with E-state index in [0.29, 0.717) is 94.9 Å². The summed E-state index contributed by atoms with van der Waals surface area (Å²) in [6.07, 6.45) is 26.2. The fourth-order valence-corrected chi connectivity index (χ4v) is 33.2. The van der Waals surface area contributed by atoms with Crippen LogP contribution in [0.4, 0.5) is 0 Å². The first-order valence-electron chi connectivity index (χ1n) is 48.2. The lowest BCUT2D eigenvalue weighted by Gasteiger charge is -2.34. The van der Waals surface area contributed by atoms with Gasteiger partial charge in [0.2, 0.25) is 0 Å². The SMILES string of the molecule is C=CC(=O)OCCCCCCOc1ccc(-c2ccc(OCCCC[Si](C)(C)O[Si](C)(C)CCCCCCOc3ccc(C(=O)Oc4ccc(OC(=O)c5ccc(OCCCCCC)cc5)c(C(=O)OCCCC[Si](C)(C)O[Si](C)(C)CCCCOC(=O)c5cc(OC(=O)c6ccc(OCCCCCC)cc6)ccc5OC(=O)c5ccc(OCCCCCC)cc5)c4)cc3)cc2)cc1. The third-order valence-electron chi connectivity index (χ3n) is 22.4. The second-order valence-corrected chi connectivity index (χ2v) is 53.8. The first-order valence-corrected chi connectivity index (χ1v) is 60.7. The van der Waals surface area contributed by atoms with Crippen LogP contribution in [0.5, 0.6) is 57.5 Å². The highest BCUT2D eigenvalue weighted by molar-refractivity contribution is 6.85. The van der Waals surface area contributed by atoms with E-state index in [0.717, 1.165) is 188 Å². The van der Waals surface area contributed by atoms with Gasteiger partial charge in [0.05, 0.1) is 81.7 Å². The van der Waals surface area contributed by atoms with Gasteiger partial charge in [0.1, 0.15) is 68.6 Å². The molecule has 8 aromatic rings. The second-order valence-electron chi connectivity index (χ2n) is 36.1. The maximum atomic E-state index is 14.2. The average Bonchev–Trinajstić information content (AvgIpc) is 0.823. The van der Waals surface area contributed by atoms with E-state index in [2.05, 4.69) is 104 Å². The summed E-state index contributed by atoms with van der Waals surface area (Å²) in [6.45, 7) is 32.0. The van der Waals surface area contributed by atoms with Crippen LogP contribution >= 0.6 is 0 Å². The number of hydrogen-bond acceptors (Lipinski definition) is 22. The Kier molecular flexibility index (Phi) is 47.4. The Labute approximate surface area is 794 Å². The summed E-state index contributed by atoms with van der Waals surface area (Å²) in [5.41, 5.74) is 3.04. The highest BCUT2D eigenvalue weighted by Gasteiger charge is 2.35. The maximum absolute atomic E-state index is 14.2. The normalized spacial score (nSPS) is 11.5. The van der Waals surface area contributed by atoms with E-state index in [9.17, 15) is 33.6 Å². The molecule has 0 radical (unpaired) electrons. The van der Waals surface area contributed by atoms with Gasteiger partial charge in [-0.15, -0.1) is 0 Å². The van der Waals surface area contributed by atoms with Gasteiger partial charge in [-0.25, -0.2) is 33.6 Å². The van der Waals surface area contributed by atoms with Crippen molar-refractivity contribution in [3.05, 3.63) is 228 Å². The van der Waals surface area contributed by atoms with Crippen molar-refractivity contribution in [2.75, 3.05) is 59.5 Å². The zero-order valence-electron chi connectivity index (χ0n) is 80.7. The number of ether oxygens (including phenoxy) is 13. The summed E-state index contributed by atoms with van der Waals surface area (Å²) >= 11 is 0. The van der Waals surface area contributed by atoms with E-state index in [1.807, 2.05) is 24.3 Å². The van der Waals surface area contributed by atoms with Gasteiger partial charge in [0.15, 0.2) is 33.3 Å². The monoisotopic (exact) mass is 1890 g/mol. The van der Waals surface area contributed by atoms with Crippen LogP contribution in [0.3, 0.4) is 0 Å². The molecule has 133 heavy (non-hydrogen) atoms. The Morgan fingerprint density at radius 1 is 0.248 bits per heavy atom. The number of rotatable bonds is 66. The van der Waals surface area contributed by atoms with Crippen molar-refractivity contribution in [1.82, 2.24) is 0 Å². The lowest BCUT2D eigenvalue weighted by molar-refractivity contribution is -0.137. The molecule has 0 aromatic heterocycles.